The van der Waals surface area contributed by atoms with Crippen LogP contribution < -0.4 is 5.32 Å². The summed E-state index contributed by atoms with van der Waals surface area (Å²) in [6, 6.07) is 4.64. The predicted octanol–water partition coefficient (Wildman–Crippen LogP) is 2.01. The van der Waals surface area contributed by atoms with Gasteiger partial charge in [-0.2, -0.15) is 4.31 Å². The van der Waals surface area contributed by atoms with Crippen LogP contribution in [0.25, 0.3) is 0 Å². The Labute approximate surface area is 143 Å². The average Bonchev–Trinajstić information content (AvgIpc) is 2.98. The van der Waals surface area contributed by atoms with E-state index in [4.69, 9.17) is 4.74 Å². The molecule has 0 radical (unpaired) electrons. The maximum Gasteiger partial charge on any atom is 0.328 e. The number of rotatable bonds is 4. The Bertz CT molecular complexity index is 724. The van der Waals surface area contributed by atoms with Crippen LogP contribution in [-0.2, 0) is 26.0 Å². The molecule has 132 valence electrons. The van der Waals surface area contributed by atoms with Gasteiger partial charge < -0.3 is 10.1 Å². The Morgan fingerprint density at radius 2 is 2.04 bits per heavy atom. The molecular formula is C17H24N2O4S. The normalized spacial score (nSPS) is 22.0. The molecule has 7 heteroatoms. The highest BCUT2D eigenvalue weighted by atomic mass is 32.2. The second kappa shape index (κ2) is 6.72. The van der Waals surface area contributed by atoms with E-state index in [1.807, 2.05) is 0 Å². The first-order valence-electron chi connectivity index (χ1n) is 8.48. The van der Waals surface area contributed by atoms with Crippen LogP contribution in [0.1, 0.15) is 32.3 Å². The molecule has 1 aromatic rings. The zero-order chi connectivity index (χ0) is 17.3. The van der Waals surface area contributed by atoms with E-state index < -0.39 is 16.1 Å². The molecule has 0 saturated carbocycles. The summed E-state index contributed by atoms with van der Waals surface area (Å²) < 4.78 is 32.2. The fourth-order valence-corrected chi connectivity index (χ4v) is 4.74. The van der Waals surface area contributed by atoms with Gasteiger partial charge in [-0.15, -0.1) is 0 Å². The molecule has 2 aliphatic heterocycles. The topological polar surface area (TPSA) is 75.7 Å². The summed E-state index contributed by atoms with van der Waals surface area (Å²) in [5.41, 5.74) is 1.65. The number of carbonyl (C=O) groups excluding carboxylic acids is 1. The first-order valence-corrected chi connectivity index (χ1v) is 9.92. The number of hydrogen-bond donors (Lipinski definition) is 1. The molecule has 0 amide bonds. The van der Waals surface area contributed by atoms with Crippen molar-refractivity contribution < 1.29 is 17.9 Å². The van der Waals surface area contributed by atoms with Crippen LogP contribution in [0.5, 0.6) is 0 Å². The molecule has 0 aromatic heterocycles. The molecule has 0 bridgehead atoms. The van der Waals surface area contributed by atoms with Gasteiger partial charge in [0, 0.05) is 25.2 Å². The van der Waals surface area contributed by atoms with Gasteiger partial charge in [-0.05, 0) is 43.4 Å². The lowest BCUT2D eigenvalue weighted by atomic mass is 10.0. The van der Waals surface area contributed by atoms with Crippen molar-refractivity contribution in [3.63, 3.8) is 0 Å². The fraction of sp³-hybridized carbons (Fsp3) is 0.588. The minimum Gasteiger partial charge on any atom is -0.464 e. The van der Waals surface area contributed by atoms with E-state index in [9.17, 15) is 13.2 Å². The molecule has 1 atom stereocenters. The van der Waals surface area contributed by atoms with Gasteiger partial charge in [0.15, 0.2) is 0 Å². The number of sulfonamides is 1. The molecule has 2 heterocycles. The van der Waals surface area contributed by atoms with Crippen molar-refractivity contribution in [2.75, 3.05) is 25.0 Å². The van der Waals surface area contributed by atoms with Gasteiger partial charge in [0.1, 0.15) is 6.04 Å². The lowest BCUT2D eigenvalue weighted by molar-refractivity contribution is -0.143. The molecule has 1 N–H and O–H groups in total. The molecule has 6 nitrogen and oxygen atoms in total. The van der Waals surface area contributed by atoms with E-state index in [1.165, 1.54) is 0 Å². The van der Waals surface area contributed by atoms with Gasteiger partial charge >= 0.3 is 5.97 Å². The quantitative estimate of drug-likeness (QED) is 0.839. The average molecular weight is 352 g/mol. The molecule has 1 saturated heterocycles. The van der Waals surface area contributed by atoms with Gasteiger partial charge in [0.05, 0.1) is 11.5 Å². The minimum atomic E-state index is -3.48. The van der Waals surface area contributed by atoms with Gasteiger partial charge in [0.25, 0.3) is 0 Å². The van der Waals surface area contributed by atoms with Crippen LogP contribution in [-0.4, -0.2) is 44.4 Å². The van der Waals surface area contributed by atoms with Gasteiger partial charge in [-0.25, -0.2) is 13.2 Å². The van der Waals surface area contributed by atoms with Crippen LogP contribution in [0, 0.1) is 5.92 Å². The fourth-order valence-electron chi connectivity index (χ4n) is 3.25. The predicted molar refractivity (Wildman–Crippen MR) is 91.3 cm³/mol. The van der Waals surface area contributed by atoms with E-state index in [2.05, 4.69) is 12.2 Å². The number of piperidine rings is 1. The van der Waals surface area contributed by atoms with Crippen molar-refractivity contribution in [3.05, 3.63) is 23.8 Å². The van der Waals surface area contributed by atoms with Crippen molar-refractivity contribution >= 4 is 21.7 Å². The summed E-state index contributed by atoms with van der Waals surface area (Å²) in [7, 11) is -3.48. The zero-order valence-electron chi connectivity index (χ0n) is 14.1. The number of ether oxygens (including phenoxy) is 1. The van der Waals surface area contributed by atoms with Crippen LogP contribution in [0.3, 0.4) is 0 Å². The second-order valence-corrected chi connectivity index (χ2v) is 8.50. The van der Waals surface area contributed by atoms with Crippen molar-refractivity contribution in [1.29, 1.82) is 0 Å². The summed E-state index contributed by atoms with van der Waals surface area (Å²) in [5.74, 6) is 0.270. The van der Waals surface area contributed by atoms with Gasteiger partial charge in [0.2, 0.25) is 10.0 Å². The SMILES string of the molecule is CCOC(=O)C1Cc2ccc(S(=O)(=O)N3CCC(C)CC3)cc2N1. The van der Waals surface area contributed by atoms with E-state index in [1.54, 1.807) is 29.4 Å². The maximum absolute atomic E-state index is 12.8. The van der Waals surface area contributed by atoms with Crippen LogP contribution in [0.2, 0.25) is 0 Å². The first kappa shape index (κ1) is 17.2. The molecular weight excluding hydrogens is 328 g/mol. The Balaban J connectivity index is 1.78. The molecule has 1 aromatic carbocycles. The van der Waals surface area contributed by atoms with E-state index in [0.717, 1.165) is 18.4 Å². The zero-order valence-corrected chi connectivity index (χ0v) is 14.9. The largest absolute Gasteiger partial charge is 0.464 e. The standard InChI is InChI=1S/C17H24N2O4S/c1-3-23-17(20)16-10-13-4-5-14(11-15(13)18-16)24(21,22)19-8-6-12(2)7-9-19/h4-5,11-12,16,18H,3,6-10H2,1-2H3. The van der Waals surface area contributed by atoms with Crippen molar-refractivity contribution in [3.8, 4) is 0 Å². The van der Waals surface area contributed by atoms with E-state index in [-0.39, 0.29) is 10.9 Å². The summed E-state index contributed by atoms with van der Waals surface area (Å²) in [6.45, 7) is 5.39. The van der Waals surface area contributed by atoms with E-state index >= 15 is 0 Å². The lowest BCUT2D eigenvalue weighted by Crippen LogP contribution is -2.37. The third kappa shape index (κ3) is 3.28. The Morgan fingerprint density at radius 1 is 1.33 bits per heavy atom. The molecule has 1 unspecified atom stereocenters. The third-order valence-electron chi connectivity index (χ3n) is 4.79. The Kier molecular flexibility index (Phi) is 4.83. The summed E-state index contributed by atoms with van der Waals surface area (Å²) in [5, 5.41) is 3.08. The first-order chi connectivity index (χ1) is 11.4. The summed E-state index contributed by atoms with van der Waals surface area (Å²) >= 11 is 0. The number of anilines is 1. The van der Waals surface area contributed by atoms with Crippen LogP contribution >= 0.6 is 0 Å². The molecule has 24 heavy (non-hydrogen) atoms. The lowest BCUT2D eigenvalue weighted by Gasteiger charge is -2.29. The second-order valence-electron chi connectivity index (χ2n) is 6.56. The highest BCUT2D eigenvalue weighted by Crippen LogP contribution is 2.31. The summed E-state index contributed by atoms with van der Waals surface area (Å²) in [4.78, 5) is 12.1. The van der Waals surface area contributed by atoms with Crippen molar-refractivity contribution in [2.45, 2.75) is 44.0 Å². The number of benzene rings is 1. The highest BCUT2D eigenvalue weighted by molar-refractivity contribution is 7.89. The molecule has 0 aliphatic carbocycles. The van der Waals surface area contributed by atoms with Crippen LogP contribution in [0.15, 0.2) is 23.1 Å². The van der Waals surface area contributed by atoms with Crippen LogP contribution in [0.4, 0.5) is 5.69 Å². The molecule has 0 spiro atoms. The summed E-state index contributed by atoms with van der Waals surface area (Å²) in [6.07, 6.45) is 2.32. The number of carbonyl (C=O) groups is 1. The molecule has 2 aliphatic rings. The minimum absolute atomic E-state index is 0.285. The highest BCUT2D eigenvalue weighted by Gasteiger charge is 2.32. The number of hydrogen-bond acceptors (Lipinski definition) is 5. The maximum atomic E-state index is 12.8. The van der Waals surface area contributed by atoms with Gasteiger partial charge in [-0.1, -0.05) is 13.0 Å². The number of nitrogens with one attached hydrogen (secondary N) is 1. The third-order valence-corrected chi connectivity index (χ3v) is 6.68. The number of nitrogens with zero attached hydrogens (tertiary/aromatic N) is 1. The van der Waals surface area contributed by atoms with Crippen molar-refractivity contribution in [1.82, 2.24) is 4.31 Å². The van der Waals surface area contributed by atoms with Gasteiger partial charge in [-0.3, -0.25) is 0 Å². The Morgan fingerprint density at radius 3 is 2.71 bits per heavy atom. The monoisotopic (exact) mass is 352 g/mol. The number of esters is 1. The smallest absolute Gasteiger partial charge is 0.328 e. The van der Waals surface area contributed by atoms with E-state index in [0.29, 0.717) is 37.7 Å². The number of fused-ring (bicyclic) bond motifs is 1. The molecule has 1 fully saturated rings. The molecule has 3 rings (SSSR count). The van der Waals surface area contributed by atoms with Crippen molar-refractivity contribution in [2.24, 2.45) is 5.92 Å². The Hall–Kier alpha value is -1.60.